The first-order valence-electron chi connectivity index (χ1n) is 5.62. The van der Waals surface area contributed by atoms with Crippen molar-refractivity contribution in [2.24, 2.45) is 11.8 Å². The van der Waals surface area contributed by atoms with E-state index in [1.165, 1.54) is 19.2 Å². The van der Waals surface area contributed by atoms with E-state index in [0.717, 1.165) is 0 Å². The molecule has 0 saturated heterocycles. The van der Waals surface area contributed by atoms with Gasteiger partial charge in [-0.2, -0.15) is 0 Å². The van der Waals surface area contributed by atoms with Crippen molar-refractivity contribution in [3.05, 3.63) is 23.3 Å². The van der Waals surface area contributed by atoms with Crippen molar-refractivity contribution in [2.45, 2.75) is 6.42 Å². The zero-order valence-corrected chi connectivity index (χ0v) is 10.1. The lowest BCUT2D eigenvalue weighted by Gasteiger charge is -2.26. The molecule has 0 saturated carbocycles. The lowest BCUT2D eigenvalue weighted by molar-refractivity contribution is -0.144. The van der Waals surface area contributed by atoms with Crippen molar-refractivity contribution in [1.29, 1.82) is 0 Å². The molecule has 100 valence electrons. The van der Waals surface area contributed by atoms with Crippen LogP contribution in [0.4, 0.5) is 0 Å². The number of carboxylic acids is 1. The van der Waals surface area contributed by atoms with Crippen LogP contribution in [-0.2, 0) is 16.0 Å². The van der Waals surface area contributed by atoms with Gasteiger partial charge in [0, 0.05) is 0 Å². The number of ketones is 1. The summed E-state index contributed by atoms with van der Waals surface area (Å²) in [5.41, 5.74) is 0.391. The zero-order chi connectivity index (χ0) is 14.2. The van der Waals surface area contributed by atoms with Crippen molar-refractivity contribution in [3.8, 4) is 11.5 Å². The summed E-state index contributed by atoms with van der Waals surface area (Å²) < 4.78 is 4.90. The van der Waals surface area contributed by atoms with Gasteiger partial charge in [0.1, 0.15) is 6.29 Å². The monoisotopic (exact) mass is 264 g/mol. The molecule has 0 aliphatic heterocycles. The maximum atomic E-state index is 12.1. The molecule has 0 spiro atoms. The number of phenolic OH excluding ortho intramolecular Hbond substituents is 1. The number of ether oxygens (including phenoxy) is 1. The van der Waals surface area contributed by atoms with Crippen molar-refractivity contribution in [1.82, 2.24) is 0 Å². The number of rotatable bonds is 3. The van der Waals surface area contributed by atoms with E-state index < -0.39 is 23.6 Å². The Kier molecular flexibility index (Phi) is 3.25. The normalized spacial score (nSPS) is 21.6. The van der Waals surface area contributed by atoms with Gasteiger partial charge in [-0.15, -0.1) is 0 Å². The Morgan fingerprint density at radius 3 is 2.68 bits per heavy atom. The molecule has 0 bridgehead atoms. The van der Waals surface area contributed by atoms with Crippen LogP contribution in [0.5, 0.6) is 11.5 Å². The highest BCUT2D eigenvalue weighted by molar-refractivity contribution is 6.11. The Labute approximate surface area is 108 Å². The van der Waals surface area contributed by atoms with Crippen LogP contribution >= 0.6 is 0 Å². The molecule has 6 heteroatoms. The highest BCUT2D eigenvalue weighted by atomic mass is 16.5. The van der Waals surface area contributed by atoms with Gasteiger partial charge in [0.2, 0.25) is 0 Å². The molecule has 0 amide bonds. The minimum Gasteiger partial charge on any atom is -0.504 e. The van der Waals surface area contributed by atoms with E-state index in [9.17, 15) is 19.5 Å². The number of hydrogen-bond acceptors (Lipinski definition) is 5. The topological polar surface area (TPSA) is 101 Å². The second-order valence-electron chi connectivity index (χ2n) is 4.33. The van der Waals surface area contributed by atoms with Gasteiger partial charge in [-0.05, 0) is 18.1 Å². The SMILES string of the molecule is COc1ccc2c(c1O)C(=O)C(C=O)[C@@H](C(=O)O)C2. The van der Waals surface area contributed by atoms with Crippen LogP contribution in [0, 0.1) is 11.8 Å². The van der Waals surface area contributed by atoms with Gasteiger partial charge in [0.25, 0.3) is 0 Å². The van der Waals surface area contributed by atoms with Crippen LogP contribution in [-0.4, -0.2) is 35.4 Å². The number of carbonyl (C=O) groups excluding carboxylic acids is 2. The Morgan fingerprint density at radius 1 is 1.47 bits per heavy atom. The molecule has 2 rings (SSSR count). The fourth-order valence-corrected chi connectivity index (χ4v) is 2.33. The average Bonchev–Trinajstić information content (AvgIpc) is 2.38. The van der Waals surface area contributed by atoms with Crippen LogP contribution in [0.3, 0.4) is 0 Å². The first-order chi connectivity index (χ1) is 9.01. The van der Waals surface area contributed by atoms with Gasteiger partial charge < -0.3 is 19.7 Å². The lowest BCUT2D eigenvalue weighted by atomic mass is 9.75. The van der Waals surface area contributed by atoms with Gasteiger partial charge in [-0.3, -0.25) is 9.59 Å². The highest BCUT2D eigenvalue weighted by Crippen LogP contribution is 2.39. The second kappa shape index (κ2) is 4.72. The molecule has 6 nitrogen and oxygen atoms in total. The number of Topliss-reactive ketones (excluding diaryl/α,β-unsaturated/α-hetero) is 1. The van der Waals surface area contributed by atoms with E-state index in [1.807, 2.05) is 0 Å². The summed E-state index contributed by atoms with van der Waals surface area (Å²) in [6, 6.07) is 2.99. The average molecular weight is 264 g/mol. The molecule has 2 atom stereocenters. The number of carbonyl (C=O) groups is 3. The zero-order valence-electron chi connectivity index (χ0n) is 10.1. The smallest absolute Gasteiger partial charge is 0.308 e. The van der Waals surface area contributed by atoms with Crippen LogP contribution in [0.1, 0.15) is 15.9 Å². The predicted molar refractivity (Wildman–Crippen MR) is 63.4 cm³/mol. The standard InChI is InChI=1S/C13H12O6/c1-19-9-3-2-6-4-7(13(17)18)8(5-14)11(15)10(6)12(9)16/h2-3,5,7-8,16H,4H2,1H3,(H,17,18)/t7-,8?/m0/s1. The third-order valence-electron chi connectivity index (χ3n) is 3.33. The molecule has 1 aliphatic carbocycles. The summed E-state index contributed by atoms with van der Waals surface area (Å²) in [6.07, 6.45) is 0.348. The van der Waals surface area contributed by atoms with Crippen molar-refractivity contribution < 1.29 is 29.3 Å². The Bertz CT molecular complexity index is 562. The number of aldehydes is 1. The molecule has 0 heterocycles. The van der Waals surface area contributed by atoms with Gasteiger partial charge in [0.15, 0.2) is 17.3 Å². The quantitative estimate of drug-likeness (QED) is 0.614. The number of aliphatic carboxylic acids is 1. The molecule has 1 aromatic carbocycles. The molecule has 2 N–H and O–H groups in total. The highest BCUT2D eigenvalue weighted by Gasteiger charge is 2.41. The number of carboxylic acid groups (broad SMARTS) is 1. The summed E-state index contributed by atoms with van der Waals surface area (Å²) >= 11 is 0. The van der Waals surface area contributed by atoms with E-state index in [0.29, 0.717) is 11.8 Å². The molecule has 0 fully saturated rings. The molecule has 1 aliphatic rings. The van der Waals surface area contributed by atoms with Gasteiger partial charge in [-0.25, -0.2) is 0 Å². The summed E-state index contributed by atoms with van der Waals surface area (Å²) in [7, 11) is 1.34. The number of hydrogen-bond donors (Lipinski definition) is 2. The molecule has 1 unspecified atom stereocenters. The van der Waals surface area contributed by atoms with E-state index in [-0.39, 0.29) is 23.5 Å². The van der Waals surface area contributed by atoms with Crippen molar-refractivity contribution in [3.63, 3.8) is 0 Å². The minimum atomic E-state index is -1.27. The maximum Gasteiger partial charge on any atom is 0.308 e. The molecule has 1 aromatic rings. The second-order valence-corrected chi connectivity index (χ2v) is 4.33. The minimum absolute atomic E-state index is 0.0195. The van der Waals surface area contributed by atoms with Crippen LogP contribution in [0.2, 0.25) is 0 Å². The number of phenols is 1. The number of benzene rings is 1. The van der Waals surface area contributed by atoms with Crippen molar-refractivity contribution in [2.75, 3.05) is 7.11 Å². The molecular formula is C13H12O6. The fraction of sp³-hybridized carbons (Fsp3) is 0.308. The molecule has 0 radical (unpaired) electrons. The predicted octanol–water partition coefficient (Wildman–Crippen LogP) is 0.655. The fourth-order valence-electron chi connectivity index (χ4n) is 2.33. The first kappa shape index (κ1) is 13.1. The van der Waals surface area contributed by atoms with Crippen LogP contribution in [0.15, 0.2) is 12.1 Å². The van der Waals surface area contributed by atoms with Crippen LogP contribution < -0.4 is 4.74 Å². The van der Waals surface area contributed by atoms with E-state index >= 15 is 0 Å². The summed E-state index contributed by atoms with van der Waals surface area (Å²) in [5.74, 6) is -4.48. The van der Waals surface area contributed by atoms with E-state index in [4.69, 9.17) is 9.84 Å². The maximum absolute atomic E-state index is 12.1. The Morgan fingerprint density at radius 2 is 2.16 bits per heavy atom. The van der Waals surface area contributed by atoms with Gasteiger partial charge in [-0.1, -0.05) is 6.07 Å². The number of fused-ring (bicyclic) bond motifs is 1. The Balaban J connectivity index is 2.59. The van der Waals surface area contributed by atoms with E-state index in [1.54, 1.807) is 0 Å². The van der Waals surface area contributed by atoms with E-state index in [2.05, 4.69) is 0 Å². The molecule has 0 aromatic heterocycles. The third kappa shape index (κ3) is 1.95. The van der Waals surface area contributed by atoms with Gasteiger partial charge >= 0.3 is 5.97 Å². The summed E-state index contributed by atoms with van der Waals surface area (Å²) in [4.78, 5) is 34.2. The van der Waals surface area contributed by atoms with Gasteiger partial charge in [0.05, 0.1) is 24.5 Å². The summed E-state index contributed by atoms with van der Waals surface area (Å²) in [6.45, 7) is 0. The first-order valence-corrected chi connectivity index (χ1v) is 5.62. The molecular weight excluding hydrogens is 252 g/mol. The van der Waals surface area contributed by atoms with Crippen LogP contribution in [0.25, 0.3) is 0 Å². The largest absolute Gasteiger partial charge is 0.504 e. The number of aromatic hydroxyl groups is 1. The van der Waals surface area contributed by atoms with Crippen molar-refractivity contribution >= 4 is 18.0 Å². The third-order valence-corrected chi connectivity index (χ3v) is 3.33. The molecule has 19 heavy (non-hydrogen) atoms. The number of methoxy groups -OCH3 is 1. The lowest BCUT2D eigenvalue weighted by Crippen LogP contribution is -2.37. The summed E-state index contributed by atoms with van der Waals surface area (Å²) in [5, 5.41) is 19.0. The Hall–Kier alpha value is -2.37.